The summed E-state index contributed by atoms with van der Waals surface area (Å²) < 4.78 is 2.25. The number of H-pyrrole nitrogens is 1. The van der Waals surface area contributed by atoms with E-state index in [4.69, 9.17) is 0 Å². The average Bonchev–Trinajstić information content (AvgIpc) is 2.93. The van der Waals surface area contributed by atoms with E-state index in [-0.39, 0.29) is 5.69 Å². The highest BCUT2D eigenvalue weighted by atomic mass is 79.9. The zero-order valence-corrected chi connectivity index (χ0v) is 12.3. The smallest absolute Gasteiger partial charge is 0.305 e. The fourth-order valence-electron chi connectivity index (χ4n) is 2.33. The summed E-state index contributed by atoms with van der Waals surface area (Å²) in [5.74, 6) is 0.526. The predicted molar refractivity (Wildman–Crippen MR) is 84.2 cm³/mol. The summed E-state index contributed by atoms with van der Waals surface area (Å²) in [4.78, 5) is 19.4. The van der Waals surface area contributed by atoms with E-state index in [1.807, 2.05) is 48.5 Å². The van der Waals surface area contributed by atoms with Gasteiger partial charge in [-0.05, 0) is 24.3 Å². The van der Waals surface area contributed by atoms with E-state index in [2.05, 4.69) is 31.0 Å². The van der Waals surface area contributed by atoms with E-state index in [1.54, 1.807) is 0 Å². The van der Waals surface area contributed by atoms with E-state index in [0.717, 1.165) is 20.9 Å². The topological polar surface area (TPSA) is 63.0 Å². The number of fused-ring (bicyclic) bond motifs is 3. The number of hydrogen-bond donors (Lipinski definition) is 1. The molecular formula is C15H9BrN4O. The van der Waals surface area contributed by atoms with E-state index in [1.165, 1.54) is 4.52 Å². The van der Waals surface area contributed by atoms with Crippen molar-refractivity contribution >= 4 is 32.5 Å². The van der Waals surface area contributed by atoms with Gasteiger partial charge in [-0.2, -0.15) is 4.52 Å². The van der Waals surface area contributed by atoms with Crippen LogP contribution in [-0.2, 0) is 0 Å². The molecule has 0 saturated carbocycles. The fraction of sp³-hybridized carbons (Fsp3) is 0. The number of para-hydroxylation sites is 1. The molecule has 0 saturated heterocycles. The minimum absolute atomic E-state index is 0.294. The Morgan fingerprint density at radius 1 is 1.10 bits per heavy atom. The van der Waals surface area contributed by atoms with Gasteiger partial charge in [-0.25, -0.2) is 9.78 Å². The van der Waals surface area contributed by atoms with Crippen LogP contribution >= 0.6 is 15.9 Å². The summed E-state index contributed by atoms with van der Waals surface area (Å²) in [7, 11) is 0. The third kappa shape index (κ3) is 1.95. The standard InChI is InChI=1S/C15H9BrN4O/c16-10-5-3-4-9(8-10)13-18-14-11-6-1-2-7-12(11)17-15(21)20(14)19-13/h1-8H,(H,17,21). The Bertz CT molecular complexity index is 1030. The SMILES string of the molecule is O=c1[nH]c2ccccc2c2nc(-c3cccc(Br)c3)nn12. The van der Waals surface area contributed by atoms with Gasteiger partial charge in [-0.1, -0.05) is 40.2 Å². The second kappa shape index (κ2) is 4.53. The molecule has 102 valence electrons. The third-order valence-electron chi connectivity index (χ3n) is 3.29. The van der Waals surface area contributed by atoms with Gasteiger partial charge < -0.3 is 4.98 Å². The van der Waals surface area contributed by atoms with E-state index in [0.29, 0.717) is 11.5 Å². The van der Waals surface area contributed by atoms with Crippen LogP contribution in [0.4, 0.5) is 0 Å². The fourth-order valence-corrected chi connectivity index (χ4v) is 2.73. The second-order valence-corrected chi connectivity index (χ2v) is 5.57. The zero-order chi connectivity index (χ0) is 14.4. The van der Waals surface area contributed by atoms with Crippen LogP contribution in [0.3, 0.4) is 0 Å². The van der Waals surface area contributed by atoms with Crippen LogP contribution in [0, 0.1) is 0 Å². The van der Waals surface area contributed by atoms with Gasteiger partial charge in [0.1, 0.15) is 0 Å². The van der Waals surface area contributed by atoms with Crippen LogP contribution in [0.25, 0.3) is 27.9 Å². The lowest BCUT2D eigenvalue weighted by Gasteiger charge is -1.97. The predicted octanol–water partition coefficient (Wildman–Crippen LogP) is 3.00. The molecule has 4 rings (SSSR count). The third-order valence-corrected chi connectivity index (χ3v) is 3.79. The summed E-state index contributed by atoms with van der Waals surface area (Å²) in [6.07, 6.45) is 0. The van der Waals surface area contributed by atoms with Gasteiger partial charge in [-0.3, -0.25) is 0 Å². The maximum Gasteiger partial charge on any atom is 0.348 e. The molecule has 21 heavy (non-hydrogen) atoms. The highest BCUT2D eigenvalue weighted by Gasteiger charge is 2.11. The number of rotatable bonds is 1. The molecule has 0 unspecified atom stereocenters. The van der Waals surface area contributed by atoms with Crippen LogP contribution < -0.4 is 5.69 Å². The molecule has 0 aliphatic carbocycles. The van der Waals surface area contributed by atoms with Gasteiger partial charge in [0.15, 0.2) is 11.5 Å². The van der Waals surface area contributed by atoms with Crippen molar-refractivity contribution in [3.8, 4) is 11.4 Å². The Kier molecular flexibility index (Phi) is 2.65. The van der Waals surface area contributed by atoms with Crippen molar-refractivity contribution < 1.29 is 0 Å². The first-order valence-corrected chi connectivity index (χ1v) is 7.15. The minimum Gasteiger partial charge on any atom is -0.305 e. The molecule has 2 aromatic heterocycles. The molecule has 2 aromatic carbocycles. The van der Waals surface area contributed by atoms with E-state index in [9.17, 15) is 4.79 Å². The number of benzene rings is 2. The van der Waals surface area contributed by atoms with E-state index < -0.39 is 0 Å². The Balaban J connectivity index is 2.08. The minimum atomic E-state index is -0.294. The maximum atomic E-state index is 12.1. The normalized spacial score (nSPS) is 11.3. The lowest BCUT2D eigenvalue weighted by molar-refractivity contribution is 0.885. The van der Waals surface area contributed by atoms with Crippen LogP contribution in [0.1, 0.15) is 0 Å². The van der Waals surface area contributed by atoms with Gasteiger partial charge in [0, 0.05) is 15.4 Å². The lowest BCUT2D eigenvalue weighted by atomic mass is 10.2. The van der Waals surface area contributed by atoms with Crippen molar-refractivity contribution in [3.05, 3.63) is 63.5 Å². The van der Waals surface area contributed by atoms with Crippen LogP contribution in [-0.4, -0.2) is 19.6 Å². The van der Waals surface area contributed by atoms with Crippen molar-refractivity contribution in [2.24, 2.45) is 0 Å². The molecule has 0 fully saturated rings. The quantitative estimate of drug-likeness (QED) is 0.579. The Morgan fingerprint density at radius 2 is 1.95 bits per heavy atom. The average molecular weight is 341 g/mol. The number of aromatic amines is 1. The summed E-state index contributed by atoms with van der Waals surface area (Å²) in [5.41, 5.74) is 1.88. The number of hydrogen-bond acceptors (Lipinski definition) is 3. The van der Waals surface area contributed by atoms with Crippen LogP contribution in [0.2, 0.25) is 0 Å². The first-order chi connectivity index (χ1) is 10.2. The largest absolute Gasteiger partial charge is 0.348 e. The number of aromatic nitrogens is 4. The molecule has 0 radical (unpaired) electrons. The molecule has 0 aliphatic rings. The molecule has 0 amide bonds. The first kappa shape index (κ1) is 12.3. The second-order valence-electron chi connectivity index (χ2n) is 4.66. The Labute approximate surface area is 127 Å². The monoisotopic (exact) mass is 340 g/mol. The van der Waals surface area contributed by atoms with Gasteiger partial charge in [0.05, 0.1) is 5.52 Å². The van der Waals surface area contributed by atoms with Gasteiger partial charge in [-0.15, -0.1) is 5.10 Å². The number of halogens is 1. The first-order valence-electron chi connectivity index (χ1n) is 6.36. The molecule has 0 aliphatic heterocycles. The highest BCUT2D eigenvalue weighted by Crippen LogP contribution is 2.22. The van der Waals surface area contributed by atoms with Crippen LogP contribution in [0.5, 0.6) is 0 Å². The molecule has 2 heterocycles. The van der Waals surface area contributed by atoms with Crippen molar-refractivity contribution in [1.82, 2.24) is 19.6 Å². The zero-order valence-electron chi connectivity index (χ0n) is 10.7. The van der Waals surface area contributed by atoms with Crippen molar-refractivity contribution in [1.29, 1.82) is 0 Å². The van der Waals surface area contributed by atoms with Crippen molar-refractivity contribution in [3.63, 3.8) is 0 Å². The lowest BCUT2D eigenvalue weighted by Crippen LogP contribution is -2.17. The number of nitrogens with one attached hydrogen (secondary N) is 1. The van der Waals surface area contributed by atoms with Crippen molar-refractivity contribution in [2.75, 3.05) is 0 Å². The van der Waals surface area contributed by atoms with Gasteiger partial charge in [0.25, 0.3) is 0 Å². The van der Waals surface area contributed by atoms with Gasteiger partial charge in [0.2, 0.25) is 0 Å². The molecule has 6 heteroatoms. The van der Waals surface area contributed by atoms with Gasteiger partial charge >= 0.3 is 5.69 Å². The molecule has 4 aromatic rings. The molecule has 0 atom stereocenters. The molecule has 0 bridgehead atoms. The highest BCUT2D eigenvalue weighted by molar-refractivity contribution is 9.10. The molecule has 0 spiro atoms. The Hall–Kier alpha value is -2.47. The summed E-state index contributed by atoms with van der Waals surface area (Å²) >= 11 is 3.43. The summed E-state index contributed by atoms with van der Waals surface area (Å²) in [5, 5.41) is 5.18. The summed E-state index contributed by atoms with van der Waals surface area (Å²) in [6.45, 7) is 0. The molecule has 1 N–H and O–H groups in total. The van der Waals surface area contributed by atoms with E-state index >= 15 is 0 Å². The maximum absolute atomic E-state index is 12.1. The molecular weight excluding hydrogens is 332 g/mol. The summed E-state index contributed by atoms with van der Waals surface area (Å²) in [6, 6.07) is 15.2. The number of nitrogens with zero attached hydrogens (tertiary/aromatic N) is 3. The molecule has 5 nitrogen and oxygen atoms in total. The van der Waals surface area contributed by atoms with Crippen molar-refractivity contribution in [2.45, 2.75) is 0 Å². The Morgan fingerprint density at radius 3 is 2.81 bits per heavy atom. The van der Waals surface area contributed by atoms with Crippen LogP contribution in [0.15, 0.2) is 57.8 Å².